The normalized spacial score (nSPS) is 14.0. The van der Waals surface area contributed by atoms with Crippen LogP contribution in [0.1, 0.15) is 13.3 Å². The Morgan fingerprint density at radius 3 is 2.67 bits per heavy atom. The van der Waals surface area contributed by atoms with E-state index in [0.717, 1.165) is 6.42 Å². The molecule has 52 valence electrons. The van der Waals surface area contributed by atoms with Crippen LogP contribution in [-0.4, -0.2) is 22.3 Å². The smallest absolute Gasteiger partial charge is 0.336 e. The molecule has 0 aliphatic heterocycles. The van der Waals surface area contributed by atoms with Gasteiger partial charge in [0, 0.05) is 0 Å². The summed E-state index contributed by atoms with van der Waals surface area (Å²) >= 11 is 0. The molecular weight excluding hydrogens is 120 g/mol. The van der Waals surface area contributed by atoms with Gasteiger partial charge in [-0.2, -0.15) is 0 Å². The minimum absolute atomic E-state index is 0.740. The van der Waals surface area contributed by atoms with Crippen molar-refractivity contribution < 1.29 is 15.0 Å². The number of carboxylic acid groups (broad SMARTS) is 1. The summed E-state index contributed by atoms with van der Waals surface area (Å²) in [4.78, 5) is 9.90. The predicted octanol–water partition coefficient (Wildman–Crippen LogP) is 0.398. The summed E-state index contributed by atoms with van der Waals surface area (Å²) < 4.78 is 0. The lowest BCUT2D eigenvalue weighted by atomic mass is 10.3. The standard InChI is InChI=1S/C6H10O3/c1-2-3-4-5(7)6(8)9/h3-5,7H,2H2,1H3,(H,8,9). The Morgan fingerprint density at radius 1 is 1.78 bits per heavy atom. The number of aliphatic hydroxyl groups is 1. The largest absolute Gasteiger partial charge is 0.479 e. The van der Waals surface area contributed by atoms with E-state index in [-0.39, 0.29) is 0 Å². The van der Waals surface area contributed by atoms with Crippen LogP contribution in [0.3, 0.4) is 0 Å². The van der Waals surface area contributed by atoms with Gasteiger partial charge in [0.25, 0.3) is 0 Å². The molecule has 0 bridgehead atoms. The van der Waals surface area contributed by atoms with Gasteiger partial charge in [0.1, 0.15) is 0 Å². The second kappa shape index (κ2) is 4.09. The fourth-order valence-electron chi connectivity index (χ4n) is 0.347. The lowest BCUT2D eigenvalue weighted by Gasteiger charge is -1.94. The summed E-state index contributed by atoms with van der Waals surface area (Å²) in [5, 5.41) is 16.7. The SMILES string of the molecule is CCC=CC(O)C(=O)O. The van der Waals surface area contributed by atoms with Crippen LogP contribution < -0.4 is 0 Å². The van der Waals surface area contributed by atoms with Crippen LogP contribution in [0.4, 0.5) is 0 Å². The summed E-state index contributed by atoms with van der Waals surface area (Å²) in [5.41, 5.74) is 0. The van der Waals surface area contributed by atoms with Crippen molar-refractivity contribution in [3.8, 4) is 0 Å². The first-order valence-corrected chi connectivity index (χ1v) is 2.76. The molecule has 0 aliphatic carbocycles. The highest BCUT2D eigenvalue weighted by Crippen LogP contribution is 1.87. The van der Waals surface area contributed by atoms with Crippen LogP contribution >= 0.6 is 0 Å². The van der Waals surface area contributed by atoms with Crippen LogP contribution in [0.2, 0.25) is 0 Å². The van der Waals surface area contributed by atoms with E-state index in [0.29, 0.717) is 0 Å². The van der Waals surface area contributed by atoms with Crippen molar-refractivity contribution in [2.75, 3.05) is 0 Å². The topological polar surface area (TPSA) is 57.5 Å². The monoisotopic (exact) mass is 130 g/mol. The van der Waals surface area contributed by atoms with Gasteiger partial charge in [-0.15, -0.1) is 0 Å². The first-order valence-electron chi connectivity index (χ1n) is 2.76. The van der Waals surface area contributed by atoms with Crippen molar-refractivity contribution in [2.24, 2.45) is 0 Å². The highest BCUT2D eigenvalue weighted by molar-refractivity contribution is 5.74. The van der Waals surface area contributed by atoms with Gasteiger partial charge in [-0.05, 0) is 12.5 Å². The van der Waals surface area contributed by atoms with E-state index in [9.17, 15) is 4.79 Å². The Bertz CT molecular complexity index is 117. The third-order valence-electron chi connectivity index (χ3n) is 0.807. The second-order valence-electron chi connectivity index (χ2n) is 1.62. The molecule has 0 heterocycles. The Labute approximate surface area is 53.6 Å². The van der Waals surface area contributed by atoms with Gasteiger partial charge in [0.05, 0.1) is 0 Å². The molecule has 0 spiro atoms. The van der Waals surface area contributed by atoms with Crippen molar-refractivity contribution in [1.29, 1.82) is 0 Å². The van der Waals surface area contributed by atoms with Gasteiger partial charge in [-0.25, -0.2) is 4.79 Å². The first kappa shape index (κ1) is 8.17. The van der Waals surface area contributed by atoms with Gasteiger partial charge in [0.2, 0.25) is 0 Å². The highest BCUT2D eigenvalue weighted by Gasteiger charge is 2.05. The van der Waals surface area contributed by atoms with Crippen LogP contribution in [0.15, 0.2) is 12.2 Å². The number of hydrogen-bond acceptors (Lipinski definition) is 2. The van der Waals surface area contributed by atoms with E-state index in [4.69, 9.17) is 10.2 Å². The van der Waals surface area contributed by atoms with Crippen LogP contribution in [-0.2, 0) is 4.79 Å². The highest BCUT2D eigenvalue weighted by atomic mass is 16.4. The van der Waals surface area contributed by atoms with Gasteiger partial charge in [0.15, 0.2) is 6.10 Å². The Kier molecular flexibility index (Phi) is 3.71. The number of aliphatic carboxylic acids is 1. The molecule has 0 saturated heterocycles. The average molecular weight is 130 g/mol. The third-order valence-corrected chi connectivity index (χ3v) is 0.807. The van der Waals surface area contributed by atoms with Crippen LogP contribution in [0.5, 0.6) is 0 Å². The van der Waals surface area contributed by atoms with Gasteiger partial charge >= 0.3 is 5.97 Å². The molecule has 3 heteroatoms. The summed E-state index contributed by atoms with van der Waals surface area (Å²) in [6.07, 6.45) is 2.26. The van der Waals surface area contributed by atoms with E-state index in [2.05, 4.69) is 0 Å². The van der Waals surface area contributed by atoms with E-state index >= 15 is 0 Å². The van der Waals surface area contributed by atoms with Gasteiger partial charge in [-0.3, -0.25) is 0 Å². The molecule has 2 N–H and O–H groups in total. The number of allylic oxidation sites excluding steroid dienone is 1. The Balaban J connectivity index is 3.62. The zero-order chi connectivity index (χ0) is 7.28. The van der Waals surface area contributed by atoms with E-state index in [1.165, 1.54) is 6.08 Å². The second-order valence-corrected chi connectivity index (χ2v) is 1.62. The summed E-state index contributed by atoms with van der Waals surface area (Å²) in [7, 11) is 0. The molecule has 0 saturated carbocycles. The fourth-order valence-corrected chi connectivity index (χ4v) is 0.347. The molecule has 0 fully saturated rings. The summed E-state index contributed by atoms with van der Waals surface area (Å²) in [6.45, 7) is 1.87. The molecule has 0 aromatic carbocycles. The van der Waals surface area contributed by atoms with Crippen LogP contribution in [0.25, 0.3) is 0 Å². The van der Waals surface area contributed by atoms with E-state index in [1.807, 2.05) is 6.92 Å². The van der Waals surface area contributed by atoms with E-state index in [1.54, 1.807) is 6.08 Å². The van der Waals surface area contributed by atoms with Gasteiger partial charge < -0.3 is 10.2 Å². The average Bonchev–Trinajstić information content (AvgIpc) is 1.82. The molecule has 0 amide bonds. The minimum atomic E-state index is -1.34. The van der Waals surface area contributed by atoms with Crippen molar-refractivity contribution in [3.05, 3.63) is 12.2 Å². The van der Waals surface area contributed by atoms with E-state index < -0.39 is 12.1 Å². The molecule has 0 aliphatic rings. The predicted molar refractivity (Wildman–Crippen MR) is 33.1 cm³/mol. The minimum Gasteiger partial charge on any atom is -0.479 e. The molecular formula is C6H10O3. The number of hydrogen-bond donors (Lipinski definition) is 2. The lowest BCUT2D eigenvalue weighted by Crippen LogP contribution is -2.15. The molecule has 0 aromatic heterocycles. The molecule has 0 aromatic rings. The molecule has 0 radical (unpaired) electrons. The number of aliphatic hydroxyl groups excluding tert-OH is 1. The maximum atomic E-state index is 9.90. The summed E-state index contributed by atoms with van der Waals surface area (Å²) in [6, 6.07) is 0. The summed E-state index contributed by atoms with van der Waals surface area (Å²) in [5.74, 6) is -1.21. The number of carboxylic acids is 1. The number of carbonyl (C=O) groups is 1. The van der Waals surface area contributed by atoms with Crippen molar-refractivity contribution >= 4 is 5.97 Å². The third kappa shape index (κ3) is 3.73. The number of rotatable bonds is 3. The maximum absolute atomic E-state index is 9.90. The first-order chi connectivity index (χ1) is 4.18. The van der Waals surface area contributed by atoms with Crippen molar-refractivity contribution in [2.45, 2.75) is 19.4 Å². The molecule has 1 atom stereocenters. The Morgan fingerprint density at radius 2 is 2.33 bits per heavy atom. The molecule has 9 heavy (non-hydrogen) atoms. The zero-order valence-electron chi connectivity index (χ0n) is 5.24. The maximum Gasteiger partial charge on any atom is 0.336 e. The van der Waals surface area contributed by atoms with Crippen molar-refractivity contribution in [1.82, 2.24) is 0 Å². The molecule has 3 nitrogen and oxygen atoms in total. The van der Waals surface area contributed by atoms with Crippen LogP contribution in [0, 0.1) is 0 Å². The molecule has 0 rings (SSSR count). The quantitative estimate of drug-likeness (QED) is 0.543. The van der Waals surface area contributed by atoms with Gasteiger partial charge in [-0.1, -0.05) is 13.0 Å². The molecule has 1 unspecified atom stereocenters. The zero-order valence-corrected chi connectivity index (χ0v) is 5.24. The fraction of sp³-hybridized carbons (Fsp3) is 0.500. The lowest BCUT2D eigenvalue weighted by molar-refractivity contribution is -0.144. The van der Waals surface area contributed by atoms with Crippen molar-refractivity contribution in [3.63, 3.8) is 0 Å². The Hall–Kier alpha value is -0.830.